The number of halogens is 2. The summed E-state index contributed by atoms with van der Waals surface area (Å²) in [5.74, 6) is 1.62. The molecule has 0 radical (unpaired) electrons. The van der Waals surface area contributed by atoms with Crippen LogP contribution >= 0.6 is 23.2 Å². The first kappa shape index (κ1) is 14.3. The highest BCUT2D eigenvalue weighted by Gasteiger charge is 2.06. The Morgan fingerprint density at radius 1 is 1.26 bits per heavy atom. The van der Waals surface area contributed by atoms with E-state index in [0.717, 1.165) is 5.76 Å². The second kappa shape index (κ2) is 6.85. The van der Waals surface area contributed by atoms with Gasteiger partial charge in [-0.3, -0.25) is 0 Å². The minimum absolute atomic E-state index is 0.160. The van der Waals surface area contributed by atoms with Gasteiger partial charge in [0.25, 0.3) is 0 Å². The maximum absolute atomic E-state index is 5.90. The van der Waals surface area contributed by atoms with Gasteiger partial charge < -0.3 is 14.5 Å². The largest absolute Gasteiger partial charge is 0.492 e. The van der Waals surface area contributed by atoms with Gasteiger partial charge in [-0.15, -0.1) is 0 Å². The fourth-order valence-corrected chi connectivity index (χ4v) is 1.94. The molecule has 1 N–H and O–H groups in total. The van der Waals surface area contributed by atoms with Gasteiger partial charge in [0.05, 0.1) is 22.4 Å². The second-order valence-corrected chi connectivity index (χ2v) is 4.93. The van der Waals surface area contributed by atoms with Gasteiger partial charge in [-0.25, -0.2) is 0 Å². The fourth-order valence-electron chi connectivity index (χ4n) is 1.65. The van der Waals surface area contributed by atoms with E-state index in [1.165, 1.54) is 0 Å². The van der Waals surface area contributed by atoms with Crippen LogP contribution in [0, 0.1) is 0 Å². The first-order valence-corrected chi connectivity index (χ1v) is 6.77. The van der Waals surface area contributed by atoms with E-state index in [1.54, 1.807) is 24.5 Å². The van der Waals surface area contributed by atoms with E-state index >= 15 is 0 Å². The Bertz CT molecular complexity index is 514. The fraction of sp³-hybridized carbons (Fsp3) is 0.286. The van der Waals surface area contributed by atoms with Crippen LogP contribution in [0.3, 0.4) is 0 Å². The number of ether oxygens (including phenoxy) is 1. The van der Waals surface area contributed by atoms with Gasteiger partial charge in [0.2, 0.25) is 0 Å². The smallest absolute Gasteiger partial charge is 0.120 e. The molecule has 102 valence electrons. The number of rotatable bonds is 6. The van der Waals surface area contributed by atoms with Crippen molar-refractivity contribution in [3.05, 3.63) is 52.4 Å². The van der Waals surface area contributed by atoms with Gasteiger partial charge in [-0.1, -0.05) is 23.2 Å². The van der Waals surface area contributed by atoms with Crippen LogP contribution in [-0.4, -0.2) is 13.2 Å². The lowest BCUT2D eigenvalue weighted by Gasteiger charge is -2.12. The average Bonchev–Trinajstić information content (AvgIpc) is 2.92. The maximum Gasteiger partial charge on any atom is 0.120 e. The van der Waals surface area contributed by atoms with Gasteiger partial charge in [-0.05, 0) is 31.2 Å². The lowest BCUT2D eigenvalue weighted by molar-refractivity contribution is 0.302. The van der Waals surface area contributed by atoms with Crippen molar-refractivity contribution in [2.24, 2.45) is 0 Å². The highest BCUT2D eigenvalue weighted by atomic mass is 35.5. The molecule has 2 rings (SSSR count). The molecule has 1 aromatic heterocycles. The third-order valence-electron chi connectivity index (χ3n) is 2.68. The second-order valence-electron chi connectivity index (χ2n) is 4.12. The maximum atomic E-state index is 5.90. The Kier molecular flexibility index (Phi) is 5.14. The van der Waals surface area contributed by atoms with Gasteiger partial charge >= 0.3 is 0 Å². The number of nitrogens with one attached hydrogen (secondary N) is 1. The SMILES string of the molecule is CC(NCCOc1ccc(Cl)c(Cl)c1)c1ccco1. The molecule has 0 bridgehead atoms. The summed E-state index contributed by atoms with van der Waals surface area (Å²) < 4.78 is 10.9. The van der Waals surface area contributed by atoms with Crippen LogP contribution < -0.4 is 10.1 Å². The Balaban J connectivity index is 1.73. The van der Waals surface area contributed by atoms with E-state index in [-0.39, 0.29) is 6.04 Å². The zero-order valence-electron chi connectivity index (χ0n) is 10.5. The zero-order valence-corrected chi connectivity index (χ0v) is 12.0. The minimum Gasteiger partial charge on any atom is -0.492 e. The van der Waals surface area contributed by atoms with Crippen LogP contribution in [0.5, 0.6) is 5.75 Å². The monoisotopic (exact) mass is 299 g/mol. The standard InChI is InChI=1S/C14H15Cl2NO2/c1-10(14-3-2-7-19-14)17-6-8-18-11-4-5-12(15)13(16)9-11/h2-5,7,9-10,17H,6,8H2,1H3. The van der Waals surface area contributed by atoms with Crippen molar-refractivity contribution in [3.63, 3.8) is 0 Å². The molecule has 0 amide bonds. The highest BCUT2D eigenvalue weighted by Crippen LogP contribution is 2.26. The van der Waals surface area contributed by atoms with E-state index in [4.69, 9.17) is 32.4 Å². The molecule has 0 aliphatic carbocycles. The summed E-state index contributed by atoms with van der Waals surface area (Å²) in [4.78, 5) is 0. The highest BCUT2D eigenvalue weighted by molar-refractivity contribution is 6.42. The zero-order chi connectivity index (χ0) is 13.7. The van der Waals surface area contributed by atoms with Gasteiger partial charge in [0, 0.05) is 12.6 Å². The van der Waals surface area contributed by atoms with Crippen LogP contribution in [0.1, 0.15) is 18.7 Å². The molecular formula is C14H15Cl2NO2. The van der Waals surface area contributed by atoms with Crippen molar-refractivity contribution in [1.82, 2.24) is 5.32 Å². The molecule has 0 saturated carbocycles. The molecule has 0 aliphatic heterocycles. The molecule has 0 spiro atoms. The first-order chi connectivity index (χ1) is 9.16. The molecule has 0 saturated heterocycles. The van der Waals surface area contributed by atoms with Crippen LogP contribution in [0.2, 0.25) is 10.0 Å². The van der Waals surface area contributed by atoms with Crippen LogP contribution in [0.4, 0.5) is 0 Å². The van der Waals surface area contributed by atoms with Crippen LogP contribution in [0.25, 0.3) is 0 Å². The summed E-state index contributed by atoms with van der Waals surface area (Å²) in [6.07, 6.45) is 1.67. The molecule has 1 heterocycles. The van der Waals surface area contributed by atoms with Gasteiger partial charge in [-0.2, -0.15) is 0 Å². The molecule has 0 fully saturated rings. The van der Waals surface area contributed by atoms with Crippen molar-refractivity contribution in [2.75, 3.05) is 13.2 Å². The Morgan fingerprint density at radius 2 is 2.11 bits per heavy atom. The lowest BCUT2D eigenvalue weighted by Crippen LogP contribution is -2.24. The normalized spacial score (nSPS) is 12.4. The molecule has 0 aliphatic rings. The molecule has 1 atom stereocenters. The van der Waals surface area contributed by atoms with Crippen molar-refractivity contribution in [1.29, 1.82) is 0 Å². The Hall–Kier alpha value is -1.16. The van der Waals surface area contributed by atoms with E-state index in [9.17, 15) is 0 Å². The quantitative estimate of drug-likeness (QED) is 0.807. The molecule has 5 heteroatoms. The summed E-state index contributed by atoms with van der Waals surface area (Å²) in [6, 6.07) is 9.20. The summed E-state index contributed by atoms with van der Waals surface area (Å²) in [5.41, 5.74) is 0. The third-order valence-corrected chi connectivity index (χ3v) is 3.42. The van der Waals surface area contributed by atoms with Crippen molar-refractivity contribution < 1.29 is 9.15 Å². The molecular weight excluding hydrogens is 285 g/mol. The molecule has 1 unspecified atom stereocenters. The van der Waals surface area contributed by atoms with E-state index in [1.807, 2.05) is 19.1 Å². The average molecular weight is 300 g/mol. The first-order valence-electron chi connectivity index (χ1n) is 6.01. The summed E-state index contributed by atoms with van der Waals surface area (Å²) in [6.45, 7) is 3.29. The third kappa shape index (κ3) is 4.16. The molecule has 3 nitrogen and oxygen atoms in total. The van der Waals surface area contributed by atoms with Crippen molar-refractivity contribution >= 4 is 23.2 Å². The molecule has 2 aromatic rings. The predicted molar refractivity (Wildman–Crippen MR) is 77.1 cm³/mol. The topological polar surface area (TPSA) is 34.4 Å². The molecule has 19 heavy (non-hydrogen) atoms. The Labute approximate surface area is 122 Å². The number of hydrogen-bond donors (Lipinski definition) is 1. The van der Waals surface area contributed by atoms with Crippen LogP contribution in [-0.2, 0) is 0 Å². The Morgan fingerprint density at radius 3 is 2.79 bits per heavy atom. The van der Waals surface area contributed by atoms with E-state index in [2.05, 4.69) is 5.32 Å². The summed E-state index contributed by atoms with van der Waals surface area (Å²) in [7, 11) is 0. The number of furan rings is 1. The summed E-state index contributed by atoms with van der Waals surface area (Å²) >= 11 is 11.7. The summed E-state index contributed by atoms with van der Waals surface area (Å²) in [5, 5.41) is 4.33. The van der Waals surface area contributed by atoms with Crippen LogP contribution in [0.15, 0.2) is 41.0 Å². The van der Waals surface area contributed by atoms with E-state index < -0.39 is 0 Å². The molecule has 1 aromatic carbocycles. The van der Waals surface area contributed by atoms with Crippen molar-refractivity contribution in [2.45, 2.75) is 13.0 Å². The number of benzene rings is 1. The van der Waals surface area contributed by atoms with Gasteiger partial charge in [0.1, 0.15) is 18.1 Å². The van der Waals surface area contributed by atoms with E-state index in [0.29, 0.717) is 28.9 Å². The predicted octanol–water partition coefficient (Wildman–Crippen LogP) is 4.32. The van der Waals surface area contributed by atoms with Crippen molar-refractivity contribution in [3.8, 4) is 5.75 Å². The minimum atomic E-state index is 0.160. The number of hydrogen-bond acceptors (Lipinski definition) is 3. The lowest BCUT2D eigenvalue weighted by atomic mass is 10.2. The van der Waals surface area contributed by atoms with Gasteiger partial charge in [0.15, 0.2) is 0 Å².